The van der Waals surface area contributed by atoms with Crippen molar-refractivity contribution in [3.63, 3.8) is 0 Å². The zero-order valence-electron chi connectivity index (χ0n) is 15.3. The molecule has 6 heteroatoms. The van der Waals surface area contributed by atoms with E-state index in [4.69, 9.17) is 0 Å². The maximum absolute atomic E-state index is 12.2. The quantitative estimate of drug-likeness (QED) is 0.751. The van der Waals surface area contributed by atoms with Crippen LogP contribution in [0.25, 0.3) is 10.9 Å². The summed E-state index contributed by atoms with van der Waals surface area (Å²) in [6.45, 7) is 10.1. The fourth-order valence-electron chi connectivity index (χ4n) is 3.21. The van der Waals surface area contributed by atoms with Crippen LogP contribution in [0.2, 0.25) is 0 Å². The molecule has 0 saturated heterocycles. The maximum Gasteiger partial charge on any atom is 0.222 e. The van der Waals surface area contributed by atoms with Crippen molar-refractivity contribution in [2.24, 2.45) is 0 Å². The van der Waals surface area contributed by atoms with Crippen LogP contribution in [0.15, 0.2) is 24.4 Å². The molecule has 1 amide bonds. The summed E-state index contributed by atoms with van der Waals surface area (Å²) < 4.78 is 3.86. The van der Waals surface area contributed by atoms with Crippen molar-refractivity contribution >= 4 is 16.8 Å². The van der Waals surface area contributed by atoms with Crippen LogP contribution in [-0.4, -0.2) is 25.5 Å². The Kier molecular flexibility index (Phi) is 4.88. The van der Waals surface area contributed by atoms with Crippen molar-refractivity contribution in [1.29, 1.82) is 0 Å². The van der Waals surface area contributed by atoms with E-state index in [1.165, 1.54) is 5.56 Å². The summed E-state index contributed by atoms with van der Waals surface area (Å²) in [6.07, 6.45) is 2.28. The summed E-state index contributed by atoms with van der Waals surface area (Å²) >= 11 is 0. The summed E-state index contributed by atoms with van der Waals surface area (Å²) in [5.41, 5.74) is 5.48. The molecule has 2 heterocycles. The highest BCUT2D eigenvalue weighted by molar-refractivity contribution is 5.82. The Morgan fingerprint density at radius 3 is 2.72 bits per heavy atom. The van der Waals surface area contributed by atoms with E-state index in [2.05, 4.69) is 35.4 Å². The minimum Gasteiger partial charge on any atom is -0.352 e. The van der Waals surface area contributed by atoms with Gasteiger partial charge in [0.25, 0.3) is 0 Å². The number of benzene rings is 1. The van der Waals surface area contributed by atoms with Gasteiger partial charge in [0.05, 0.1) is 24.0 Å². The van der Waals surface area contributed by atoms with E-state index < -0.39 is 0 Å². The molecule has 0 bridgehead atoms. The number of carbonyl (C=O) groups excluding carboxylic acids is 1. The van der Waals surface area contributed by atoms with Crippen LogP contribution < -0.4 is 5.32 Å². The fraction of sp³-hybridized carbons (Fsp3) is 0.421. The summed E-state index contributed by atoms with van der Waals surface area (Å²) in [5.74, 6) is 0.0272. The molecule has 3 rings (SSSR count). The monoisotopic (exact) mass is 339 g/mol. The van der Waals surface area contributed by atoms with E-state index in [9.17, 15) is 4.79 Å². The maximum atomic E-state index is 12.2. The van der Waals surface area contributed by atoms with Gasteiger partial charge in [0.2, 0.25) is 5.91 Å². The molecule has 0 saturated carbocycles. The van der Waals surface area contributed by atoms with Crippen LogP contribution in [0.3, 0.4) is 0 Å². The van der Waals surface area contributed by atoms with Crippen molar-refractivity contribution < 1.29 is 4.79 Å². The van der Waals surface area contributed by atoms with E-state index in [1.54, 1.807) is 0 Å². The van der Waals surface area contributed by atoms with Crippen molar-refractivity contribution in [1.82, 2.24) is 24.9 Å². The highest BCUT2D eigenvalue weighted by Gasteiger charge is 2.12. The Balaban J connectivity index is 1.60. The molecule has 6 nitrogen and oxygen atoms in total. The predicted octanol–water partition coefficient (Wildman–Crippen LogP) is 2.88. The molecule has 0 aliphatic heterocycles. The number of nitrogens with one attached hydrogen (secondary N) is 1. The molecule has 0 radical (unpaired) electrons. The van der Waals surface area contributed by atoms with Gasteiger partial charge in [0, 0.05) is 36.2 Å². The summed E-state index contributed by atoms with van der Waals surface area (Å²) in [4.78, 5) is 12.2. The first-order valence-corrected chi connectivity index (χ1v) is 8.72. The molecule has 0 unspecified atom stereocenters. The smallest absolute Gasteiger partial charge is 0.222 e. The number of nitrogens with zero attached hydrogens (tertiary/aromatic N) is 4. The highest BCUT2D eigenvalue weighted by atomic mass is 16.1. The molecule has 2 aromatic heterocycles. The molecular formula is C19H25N5O. The number of carbonyl (C=O) groups is 1. The number of hydrogen-bond donors (Lipinski definition) is 1. The average molecular weight is 339 g/mol. The number of rotatable bonds is 6. The van der Waals surface area contributed by atoms with E-state index in [0.29, 0.717) is 19.5 Å². The Hall–Kier alpha value is -2.63. The number of fused-ring (bicyclic) bond motifs is 1. The van der Waals surface area contributed by atoms with Crippen LogP contribution in [0, 0.1) is 20.8 Å². The third-order valence-electron chi connectivity index (χ3n) is 4.75. The van der Waals surface area contributed by atoms with Crippen LogP contribution in [0.1, 0.15) is 35.9 Å². The fourth-order valence-corrected chi connectivity index (χ4v) is 3.21. The second kappa shape index (κ2) is 7.09. The van der Waals surface area contributed by atoms with Gasteiger partial charge in [-0.25, -0.2) is 0 Å². The van der Waals surface area contributed by atoms with Crippen LogP contribution in [-0.2, 0) is 24.4 Å². The van der Waals surface area contributed by atoms with Gasteiger partial charge in [-0.1, -0.05) is 12.1 Å². The second-order valence-electron chi connectivity index (χ2n) is 6.37. The largest absolute Gasteiger partial charge is 0.352 e. The van der Waals surface area contributed by atoms with Gasteiger partial charge < -0.3 is 5.32 Å². The standard InChI is InChI=1S/C19H25N5O/c1-5-23-15(4)17(14(3)22-23)11-20-19(25)9-10-24-18-8-6-7-13(2)16(18)12-21-24/h6-8,12H,5,9-11H2,1-4H3,(H,20,25). The van der Waals surface area contributed by atoms with E-state index in [-0.39, 0.29) is 5.91 Å². The summed E-state index contributed by atoms with van der Waals surface area (Å²) in [5, 5.41) is 13.0. The highest BCUT2D eigenvalue weighted by Crippen LogP contribution is 2.18. The summed E-state index contributed by atoms with van der Waals surface area (Å²) in [6, 6.07) is 6.13. The predicted molar refractivity (Wildman–Crippen MR) is 98.3 cm³/mol. The topological polar surface area (TPSA) is 64.7 Å². The SMILES string of the molecule is CCn1nc(C)c(CNC(=O)CCn2ncc3c(C)cccc32)c1C. The third kappa shape index (κ3) is 3.43. The van der Waals surface area contributed by atoms with Gasteiger partial charge in [0.1, 0.15) is 0 Å². The van der Waals surface area contributed by atoms with Crippen molar-refractivity contribution in [3.05, 3.63) is 46.9 Å². The van der Waals surface area contributed by atoms with Crippen molar-refractivity contribution in [3.8, 4) is 0 Å². The Labute approximate surface area is 147 Å². The molecule has 25 heavy (non-hydrogen) atoms. The van der Waals surface area contributed by atoms with Gasteiger partial charge in [-0.05, 0) is 39.3 Å². The zero-order valence-corrected chi connectivity index (χ0v) is 15.3. The third-order valence-corrected chi connectivity index (χ3v) is 4.75. The normalized spacial score (nSPS) is 11.2. The second-order valence-corrected chi connectivity index (χ2v) is 6.37. The van der Waals surface area contributed by atoms with Crippen molar-refractivity contribution in [2.75, 3.05) is 0 Å². The van der Waals surface area contributed by atoms with Crippen molar-refractivity contribution in [2.45, 2.75) is 53.8 Å². The number of amides is 1. The first-order chi connectivity index (χ1) is 12.0. The van der Waals surface area contributed by atoms with Gasteiger partial charge in [0.15, 0.2) is 0 Å². The van der Waals surface area contributed by atoms with Gasteiger partial charge >= 0.3 is 0 Å². The minimum absolute atomic E-state index is 0.0272. The number of aryl methyl sites for hydroxylation is 4. The lowest BCUT2D eigenvalue weighted by Gasteiger charge is -2.07. The van der Waals surface area contributed by atoms with Crippen LogP contribution in [0.5, 0.6) is 0 Å². The molecule has 0 fully saturated rings. The first-order valence-electron chi connectivity index (χ1n) is 8.72. The zero-order chi connectivity index (χ0) is 18.0. The molecule has 3 aromatic rings. The summed E-state index contributed by atoms with van der Waals surface area (Å²) in [7, 11) is 0. The van der Waals surface area contributed by atoms with Gasteiger partial charge in [-0.2, -0.15) is 10.2 Å². The van der Waals surface area contributed by atoms with Crippen LogP contribution >= 0.6 is 0 Å². The molecule has 1 N–H and O–H groups in total. The molecule has 1 aromatic carbocycles. The van der Waals surface area contributed by atoms with Gasteiger partial charge in [-0.15, -0.1) is 0 Å². The van der Waals surface area contributed by atoms with E-state index in [1.807, 2.05) is 41.5 Å². The lowest BCUT2D eigenvalue weighted by molar-refractivity contribution is -0.121. The number of aromatic nitrogens is 4. The lowest BCUT2D eigenvalue weighted by atomic mass is 10.1. The Bertz CT molecular complexity index is 906. The minimum atomic E-state index is 0.0272. The molecule has 0 aliphatic rings. The molecular weight excluding hydrogens is 314 g/mol. The van der Waals surface area contributed by atoms with E-state index >= 15 is 0 Å². The van der Waals surface area contributed by atoms with Crippen LogP contribution in [0.4, 0.5) is 0 Å². The molecule has 132 valence electrons. The first kappa shape index (κ1) is 17.2. The Morgan fingerprint density at radius 1 is 1.20 bits per heavy atom. The van der Waals surface area contributed by atoms with E-state index in [0.717, 1.165) is 34.4 Å². The average Bonchev–Trinajstić information content (AvgIpc) is 3.13. The molecule has 0 atom stereocenters. The Morgan fingerprint density at radius 2 is 2.00 bits per heavy atom. The number of hydrogen-bond acceptors (Lipinski definition) is 3. The van der Waals surface area contributed by atoms with Gasteiger partial charge in [-0.3, -0.25) is 14.2 Å². The lowest BCUT2D eigenvalue weighted by Crippen LogP contribution is -2.24. The molecule has 0 aliphatic carbocycles. The molecule has 0 spiro atoms.